The van der Waals surface area contributed by atoms with Gasteiger partial charge in [-0.3, -0.25) is 14.3 Å². The third kappa shape index (κ3) is 3.45. The molecule has 0 radical (unpaired) electrons. The van der Waals surface area contributed by atoms with Crippen molar-refractivity contribution in [1.82, 2.24) is 19.7 Å². The van der Waals surface area contributed by atoms with Crippen LogP contribution in [-0.2, 0) is 16.1 Å². The number of carboxylic acids is 1. The molecule has 0 aliphatic carbocycles. The predicted molar refractivity (Wildman–Crippen MR) is 80.6 cm³/mol. The molecule has 1 fully saturated rings. The lowest BCUT2D eigenvalue weighted by atomic mass is 10.2. The number of carbonyl (C=O) groups is 1. The smallest absolute Gasteiger partial charge is 0.313 e. The second kappa shape index (κ2) is 6.89. The summed E-state index contributed by atoms with van der Waals surface area (Å²) >= 11 is 1.17. The fourth-order valence-corrected chi connectivity index (χ4v) is 3.06. The Morgan fingerprint density at radius 1 is 1.41 bits per heavy atom. The molecule has 2 aromatic heterocycles. The Balaban J connectivity index is 1.89. The zero-order valence-electron chi connectivity index (χ0n) is 11.9. The van der Waals surface area contributed by atoms with E-state index in [1.54, 1.807) is 12.4 Å². The standard InChI is InChI=1S/C14H16N4O3S/c19-12(20)9-22-14-17-16-13(10-3-5-15-6-4-10)18(14)8-11-2-1-7-21-11/h3-6,11H,1-2,7-9H2,(H,19,20)/t11-/m0/s1. The minimum atomic E-state index is -0.873. The predicted octanol–water partition coefficient (Wildman–Crippen LogP) is 1.70. The van der Waals surface area contributed by atoms with Crippen LogP contribution < -0.4 is 0 Å². The minimum Gasteiger partial charge on any atom is -0.481 e. The molecule has 1 N–H and O–H groups in total. The molecule has 3 rings (SSSR count). The van der Waals surface area contributed by atoms with Gasteiger partial charge in [0.2, 0.25) is 0 Å². The highest BCUT2D eigenvalue weighted by atomic mass is 32.2. The van der Waals surface area contributed by atoms with E-state index in [1.165, 1.54) is 11.8 Å². The SMILES string of the molecule is O=C(O)CSc1nnc(-c2ccncc2)n1C[C@@H]1CCCO1. The third-order valence-corrected chi connectivity index (χ3v) is 4.34. The number of aliphatic carboxylic acids is 1. The zero-order valence-corrected chi connectivity index (χ0v) is 12.7. The quantitative estimate of drug-likeness (QED) is 0.810. The van der Waals surface area contributed by atoms with Gasteiger partial charge in [-0.1, -0.05) is 11.8 Å². The van der Waals surface area contributed by atoms with Crippen molar-refractivity contribution in [2.24, 2.45) is 0 Å². The zero-order chi connectivity index (χ0) is 15.4. The van der Waals surface area contributed by atoms with Crippen molar-refractivity contribution in [3.05, 3.63) is 24.5 Å². The summed E-state index contributed by atoms with van der Waals surface area (Å²) < 4.78 is 7.63. The second-order valence-corrected chi connectivity index (χ2v) is 5.91. The molecule has 0 unspecified atom stereocenters. The Morgan fingerprint density at radius 3 is 2.91 bits per heavy atom. The van der Waals surface area contributed by atoms with Gasteiger partial charge in [0.25, 0.3) is 0 Å². The van der Waals surface area contributed by atoms with Gasteiger partial charge in [-0.05, 0) is 25.0 Å². The lowest BCUT2D eigenvalue weighted by Crippen LogP contribution is -2.17. The molecule has 0 saturated carbocycles. The molecule has 0 bridgehead atoms. The van der Waals surface area contributed by atoms with E-state index in [0.717, 1.165) is 25.0 Å². The second-order valence-electron chi connectivity index (χ2n) is 4.97. The molecule has 3 heterocycles. The van der Waals surface area contributed by atoms with E-state index in [-0.39, 0.29) is 11.9 Å². The van der Waals surface area contributed by atoms with Gasteiger partial charge in [0.05, 0.1) is 18.4 Å². The van der Waals surface area contributed by atoms with Crippen LogP contribution in [0.5, 0.6) is 0 Å². The molecule has 1 atom stereocenters. The summed E-state index contributed by atoms with van der Waals surface area (Å²) in [5.41, 5.74) is 0.905. The molecule has 2 aromatic rings. The molecule has 0 spiro atoms. The fourth-order valence-electron chi connectivity index (χ4n) is 2.39. The fraction of sp³-hybridized carbons (Fsp3) is 0.429. The average Bonchev–Trinajstić information content (AvgIpc) is 3.16. The van der Waals surface area contributed by atoms with Gasteiger partial charge in [0, 0.05) is 24.6 Å². The first-order chi connectivity index (χ1) is 10.7. The van der Waals surface area contributed by atoms with E-state index in [0.29, 0.717) is 17.5 Å². The Hall–Kier alpha value is -1.93. The van der Waals surface area contributed by atoms with Gasteiger partial charge in [-0.15, -0.1) is 10.2 Å². The van der Waals surface area contributed by atoms with Crippen molar-refractivity contribution in [2.45, 2.75) is 30.6 Å². The van der Waals surface area contributed by atoms with E-state index >= 15 is 0 Å². The maximum Gasteiger partial charge on any atom is 0.313 e. The van der Waals surface area contributed by atoms with Gasteiger partial charge in [-0.25, -0.2) is 0 Å². The molecule has 116 valence electrons. The summed E-state index contributed by atoms with van der Waals surface area (Å²) in [6, 6.07) is 3.73. The molecular weight excluding hydrogens is 304 g/mol. The third-order valence-electron chi connectivity index (χ3n) is 3.39. The summed E-state index contributed by atoms with van der Waals surface area (Å²) in [4.78, 5) is 14.8. The van der Waals surface area contributed by atoms with Crippen molar-refractivity contribution >= 4 is 17.7 Å². The van der Waals surface area contributed by atoms with Crippen LogP contribution in [0.1, 0.15) is 12.8 Å². The molecule has 0 aromatic carbocycles. The van der Waals surface area contributed by atoms with Crippen molar-refractivity contribution < 1.29 is 14.6 Å². The molecule has 1 saturated heterocycles. The molecule has 8 heteroatoms. The number of nitrogens with zero attached hydrogens (tertiary/aromatic N) is 4. The molecule has 1 aliphatic heterocycles. The Kier molecular flexibility index (Phi) is 4.69. The summed E-state index contributed by atoms with van der Waals surface area (Å²) in [7, 11) is 0. The van der Waals surface area contributed by atoms with Crippen LogP contribution in [0.15, 0.2) is 29.7 Å². The van der Waals surface area contributed by atoms with Crippen LogP contribution in [0.4, 0.5) is 0 Å². The number of ether oxygens (including phenoxy) is 1. The number of hydrogen-bond acceptors (Lipinski definition) is 6. The first-order valence-electron chi connectivity index (χ1n) is 7.04. The van der Waals surface area contributed by atoms with Gasteiger partial charge in [0.15, 0.2) is 11.0 Å². The number of thioether (sulfide) groups is 1. The first-order valence-corrected chi connectivity index (χ1v) is 8.02. The Morgan fingerprint density at radius 2 is 2.23 bits per heavy atom. The summed E-state index contributed by atoms with van der Waals surface area (Å²) in [6.45, 7) is 1.40. The number of hydrogen-bond donors (Lipinski definition) is 1. The van der Waals surface area contributed by atoms with Crippen molar-refractivity contribution in [3.63, 3.8) is 0 Å². The first kappa shape index (κ1) is 15.0. The monoisotopic (exact) mass is 320 g/mol. The maximum atomic E-state index is 10.8. The molecule has 0 amide bonds. The molecule has 7 nitrogen and oxygen atoms in total. The van der Waals surface area contributed by atoms with Crippen LogP contribution >= 0.6 is 11.8 Å². The molecule has 22 heavy (non-hydrogen) atoms. The summed E-state index contributed by atoms with van der Waals surface area (Å²) in [5.74, 6) is -0.201. The van der Waals surface area contributed by atoms with Gasteiger partial charge < -0.3 is 9.84 Å². The van der Waals surface area contributed by atoms with E-state index in [1.807, 2.05) is 16.7 Å². The van der Waals surface area contributed by atoms with Crippen LogP contribution in [0.25, 0.3) is 11.4 Å². The largest absolute Gasteiger partial charge is 0.481 e. The highest BCUT2D eigenvalue weighted by Crippen LogP contribution is 2.26. The topological polar surface area (TPSA) is 90.1 Å². The van der Waals surface area contributed by atoms with Gasteiger partial charge in [-0.2, -0.15) is 0 Å². The van der Waals surface area contributed by atoms with Gasteiger partial charge in [0.1, 0.15) is 0 Å². The van der Waals surface area contributed by atoms with Crippen molar-refractivity contribution in [2.75, 3.05) is 12.4 Å². The lowest BCUT2D eigenvalue weighted by molar-refractivity contribution is -0.133. The van der Waals surface area contributed by atoms with Crippen molar-refractivity contribution in [1.29, 1.82) is 0 Å². The summed E-state index contributed by atoms with van der Waals surface area (Å²) in [6.07, 6.45) is 5.57. The van der Waals surface area contributed by atoms with Crippen LogP contribution in [-0.4, -0.2) is 49.3 Å². The van der Waals surface area contributed by atoms with Crippen LogP contribution in [0, 0.1) is 0 Å². The van der Waals surface area contributed by atoms with E-state index < -0.39 is 5.97 Å². The van der Waals surface area contributed by atoms with E-state index in [2.05, 4.69) is 15.2 Å². The van der Waals surface area contributed by atoms with E-state index in [9.17, 15) is 4.79 Å². The minimum absolute atomic E-state index is 0.0417. The maximum absolute atomic E-state index is 10.8. The Bertz CT molecular complexity index is 641. The highest BCUT2D eigenvalue weighted by Gasteiger charge is 2.22. The number of rotatable bonds is 6. The lowest BCUT2D eigenvalue weighted by Gasteiger charge is -2.14. The normalized spacial score (nSPS) is 17.7. The summed E-state index contributed by atoms with van der Waals surface area (Å²) in [5, 5.41) is 17.8. The number of pyridine rings is 1. The van der Waals surface area contributed by atoms with Crippen LogP contribution in [0.3, 0.4) is 0 Å². The van der Waals surface area contributed by atoms with Crippen LogP contribution in [0.2, 0.25) is 0 Å². The van der Waals surface area contributed by atoms with E-state index in [4.69, 9.17) is 9.84 Å². The average molecular weight is 320 g/mol. The highest BCUT2D eigenvalue weighted by molar-refractivity contribution is 7.99. The van der Waals surface area contributed by atoms with Gasteiger partial charge >= 0.3 is 5.97 Å². The Labute approximate surface area is 131 Å². The number of carboxylic acid groups (broad SMARTS) is 1. The molecular formula is C14H16N4O3S. The van der Waals surface area contributed by atoms with Crippen molar-refractivity contribution in [3.8, 4) is 11.4 Å². The number of aromatic nitrogens is 4. The molecule has 1 aliphatic rings.